The van der Waals surface area contributed by atoms with Gasteiger partial charge in [0.05, 0.1) is 11.4 Å². The van der Waals surface area contributed by atoms with Gasteiger partial charge in [-0.05, 0) is 43.2 Å². The van der Waals surface area contributed by atoms with Crippen molar-refractivity contribution in [3.05, 3.63) is 64.6 Å². The molecule has 8 heteroatoms. The molecule has 0 saturated carbocycles. The number of halogens is 2. The third kappa shape index (κ3) is 6.71. The minimum Gasteiger partial charge on any atom is -0.289 e. The highest BCUT2D eigenvalue weighted by Crippen LogP contribution is 2.28. The van der Waals surface area contributed by atoms with Crippen LogP contribution in [0.3, 0.4) is 0 Å². The summed E-state index contributed by atoms with van der Waals surface area (Å²) in [5, 5.41) is 10.6. The number of nitrogens with zero attached hydrogens (tertiary/aromatic N) is 2. The summed E-state index contributed by atoms with van der Waals surface area (Å²) in [4.78, 5) is 20.5. The number of amides is 1. The van der Waals surface area contributed by atoms with Crippen molar-refractivity contribution >= 4 is 40.9 Å². The van der Waals surface area contributed by atoms with Crippen molar-refractivity contribution in [1.29, 1.82) is 0 Å². The van der Waals surface area contributed by atoms with Crippen molar-refractivity contribution in [2.75, 3.05) is 5.75 Å². The maximum Gasteiger partial charge on any atom is 0.243 e. The number of unbranched alkanes of at least 4 members (excludes halogenated alkanes) is 2. The quantitative estimate of drug-likeness (QED) is 0.129. The van der Waals surface area contributed by atoms with Crippen LogP contribution in [0.1, 0.15) is 25.7 Å². The first-order valence-electron chi connectivity index (χ1n) is 9.52. The molecule has 5 nitrogen and oxygen atoms in total. The Hall–Kier alpha value is -2.12. The van der Waals surface area contributed by atoms with E-state index in [0.717, 1.165) is 47.5 Å². The fraction of sp³-hybridized carbons (Fsp3) is 0.227. The van der Waals surface area contributed by atoms with Crippen LogP contribution in [0.2, 0.25) is 10.0 Å². The lowest BCUT2D eigenvalue weighted by Gasteiger charge is -2.09. The van der Waals surface area contributed by atoms with Crippen LogP contribution in [-0.2, 0) is 4.79 Å². The van der Waals surface area contributed by atoms with E-state index in [1.165, 1.54) is 0 Å². The smallest absolute Gasteiger partial charge is 0.243 e. The fourth-order valence-electron chi connectivity index (χ4n) is 2.81. The molecule has 0 aliphatic rings. The number of benzene rings is 2. The molecule has 3 rings (SSSR count). The molecule has 1 aromatic heterocycles. The molecular formula is C22H21Cl2N3O2S. The minimum absolute atomic E-state index is 0.324. The second-order valence-corrected chi connectivity index (χ2v) is 8.56. The molecule has 0 fully saturated rings. The summed E-state index contributed by atoms with van der Waals surface area (Å²) in [7, 11) is 0. The van der Waals surface area contributed by atoms with Crippen molar-refractivity contribution in [3.8, 4) is 22.5 Å². The minimum atomic E-state index is -0.353. The van der Waals surface area contributed by atoms with E-state index in [2.05, 4.69) is 0 Å². The van der Waals surface area contributed by atoms with Gasteiger partial charge in [-0.15, -0.1) is 0 Å². The predicted octanol–water partition coefficient (Wildman–Crippen LogP) is 6.28. The summed E-state index contributed by atoms with van der Waals surface area (Å²) in [6, 6.07) is 17.1. The lowest BCUT2D eigenvalue weighted by molar-refractivity contribution is -0.129. The molecule has 30 heavy (non-hydrogen) atoms. The van der Waals surface area contributed by atoms with E-state index in [0.29, 0.717) is 21.6 Å². The molecule has 0 unspecified atom stereocenters. The monoisotopic (exact) mass is 461 g/mol. The molecule has 156 valence electrons. The maximum atomic E-state index is 11.0. The van der Waals surface area contributed by atoms with Crippen LogP contribution in [0.4, 0.5) is 0 Å². The molecule has 2 aromatic carbocycles. The molecule has 0 aliphatic heterocycles. The van der Waals surface area contributed by atoms with Gasteiger partial charge in [-0.25, -0.2) is 15.4 Å². The summed E-state index contributed by atoms with van der Waals surface area (Å²) in [6.45, 7) is 0. The zero-order valence-corrected chi connectivity index (χ0v) is 18.5. The van der Waals surface area contributed by atoms with Crippen LogP contribution in [0.25, 0.3) is 22.5 Å². The zero-order valence-electron chi connectivity index (χ0n) is 16.1. The zero-order chi connectivity index (χ0) is 21.3. The molecule has 0 bridgehead atoms. The van der Waals surface area contributed by atoms with E-state index in [-0.39, 0.29) is 5.91 Å². The van der Waals surface area contributed by atoms with Crippen LogP contribution in [0.15, 0.2) is 59.8 Å². The average Bonchev–Trinajstić information content (AvgIpc) is 2.76. The molecule has 1 amide bonds. The van der Waals surface area contributed by atoms with E-state index >= 15 is 0 Å². The van der Waals surface area contributed by atoms with Gasteiger partial charge in [-0.2, -0.15) is 0 Å². The van der Waals surface area contributed by atoms with Gasteiger partial charge in [-0.1, -0.05) is 65.7 Å². The molecular weight excluding hydrogens is 441 g/mol. The van der Waals surface area contributed by atoms with E-state index in [4.69, 9.17) is 38.4 Å². The maximum absolute atomic E-state index is 11.0. The molecule has 0 spiro atoms. The van der Waals surface area contributed by atoms with E-state index in [9.17, 15) is 4.79 Å². The number of hydroxylamine groups is 1. The second-order valence-electron chi connectivity index (χ2n) is 6.63. The van der Waals surface area contributed by atoms with Crippen LogP contribution in [0, 0.1) is 0 Å². The number of hydrogen-bond donors (Lipinski definition) is 2. The normalized spacial score (nSPS) is 10.8. The number of carbonyl (C=O) groups excluding carboxylic acids is 1. The van der Waals surface area contributed by atoms with Gasteiger partial charge < -0.3 is 0 Å². The van der Waals surface area contributed by atoms with Gasteiger partial charge in [-0.3, -0.25) is 10.0 Å². The van der Waals surface area contributed by atoms with E-state index in [1.54, 1.807) is 17.2 Å². The van der Waals surface area contributed by atoms with Crippen molar-refractivity contribution in [3.63, 3.8) is 0 Å². The molecule has 0 atom stereocenters. The topological polar surface area (TPSA) is 75.1 Å². The van der Waals surface area contributed by atoms with E-state index < -0.39 is 0 Å². The number of carbonyl (C=O) groups is 1. The lowest BCUT2D eigenvalue weighted by atomic mass is 10.1. The summed E-state index contributed by atoms with van der Waals surface area (Å²) in [6.07, 6.45) is 2.87. The van der Waals surface area contributed by atoms with Gasteiger partial charge in [0.15, 0.2) is 5.16 Å². The number of rotatable bonds is 9. The summed E-state index contributed by atoms with van der Waals surface area (Å²) >= 11 is 13.6. The average molecular weight is 462 g/mol. The highest BCUT2D eigenvalue weighted by atomic mass is 35.5. The van der Waals surface area contributed by atoms with Crippen molar-refractivity contribution in [2.45, 2.75) is 30.8 Å². The van der Waals surface area contributed by atoms with Crippen molar-refractivity contribution in [1.82, 2.24) is 15.4 Å². The number of nitrogens with one attached hydrogen (secondary N) is 1. The first kappa shape index (κ1) is 22.6. The van der Waals surface area contributed by atoms with Crippen LogP contribution in [0.5, 0.6) is 0 Å². The summed E-state index contributed by atoms with van der Waals surface area (Å²) < 4.78 is 0. The van der Waals surface area contributed by atoms with Gasteiger partial charge in [0, 0.05) is 33.3 Å². The Bertz CT molecular complexity index is 919. The standard InChI is InChI=1S/C22H21Cl2N3O2S/c23-17-9-5-15(6-10-17)19-14-20(16-7-11-18(24)12-8-16)26-22(25-19)30-13-3-1-2-4-21(28)27-29/h5-12,14,29H,1-4,13H2,(H,27,28). The molecule has 1 heterocycles. The van der Waals surface area contributed by atoms with Crippen molar-refractivity contribution in [2.24, 2.45) is 0 Å². The number of aromatic nitrogens is 2. The first-order chi connectivity index (χ1) is 14.5. The van der Waals surface area contributed by atoms with Gasteiger partial charge in [0.25, 0.3) is 0 Å². The van der Waals surface area contributed by atoms with Crippen LogP contribution in [-0.4, -0.2) is 26.8 Å². The van der Waals surface area contributed by atoms with Gasteiger partial charge in [0.2, 0.25) is 5.91 Å². The molecule has 3 aromatic rings. The van der Waals surface area contributed by atoms with Gasteiger partial charge in [0.1, 0.15) is 0 Å². The third-order valence-electron chi connectivity index (χ3n) is 4.39. The Labute approximate surface area is 189 Å². The van der Waals surface area contributed by atoms with Crippen molar-refractivity contribution < 1.29 is 10.0 Å². The molecule has 0 saturated heterocycles. The highest BCUT2D eigenvalue weighted by molar-refractivity contribution is 7.99. The molecule has 0 aliphatic carbocycles. The molecule has 0 radical (unpaired) electrons. The number of hydrogen-bond acceptors (Lipinski definition) is 5. The second kappa shape index (κ2) is 11.3. The largest absolute Gasteiger partial charge is 0.289 e. The lowest BCUT2D eigenvalue weighted by Crippen LogP contribution is -2.17. The van der Waals surface area contributed by atoms with Gasteiger partial charge >= 0.3 is 0 Å². The highest BCUT2D eigenvalue weighted by Gasteiger charge is 2.10. The summed E-state index contributed by atoms with van der Waals surface area (Å²) in [5.41, 5.74) is 5.24. The van der Waals surface area contributed by atoms with E-state index in [1.807, 2.05) is 54.6 Å². The third-order valence-corrected chi connectivity index (χ3v) is 5.83. The SMILES string of the molecule is O=C(CCCCCSc1nc(-c2ccc(Cl)cc2)cc(-c2ccc(Cl)cc2)n1)NO. The Kier molecular flexibility index (Phi) is 8.51. The summed E-state index contributed by atoms with van der Waals surface area (Å²) in [5.74, 6) is 0.486. The Balaban J connectivity index is 1.75. The Morgan fingerprint density at radius 1 is 0.867 bits per heavy atom. The van der Waals surface area contributed by atoms with Crippen LogP contribution >= 0.6 is 35.0 Å². The van der Waals surface area contributed by atoms with Crippen LogP contribution < -0.4 is 5.48 Å². The molecule has 2 N–H and O–H groups in total. The predicted molar refractivity (Wildman–Crippen MR) is 122 cm³/mol. The Morgan fingerprint density at radius 2 is 1.40 bits per heavy atom. The fourth-order valence-corrected chi connectivity index (χ4v) is 3.92. The number of thioether (sulfide) groups is 1. The Morgan fingerprint density at radius 3 is 1.90 bits per heavy atom. The first-order valence-corrected chi connectivity index (χ1v) is 11.3.